The molecule has 3 aromatic rings. The highest BCUT2D eigenvalue weighted by atomic mass is 32.3. The fraction of sp³-hybridized carbons (Fsp3) is 0.308. The zero-order chi connectivity index (χ0) is 23.7. The normalized spacial score (nSPS) is 19.1. The lowest BCUT2D eigenvalue weighted by atomic mass is 9.92. The van der Waals surface area contributed by atoms with Crippen molar-refractivity contribution in [2.45, 2.75) is 25.3 Å². The molecule has 2 aliphatic rings. The summed E-state index contributed by atoms with van der Waals surface area (Å²) in [6.07, 6.45) is 3.21. The zero-order valence-corrected chi connectivity index (χ0v) is 19.7. The Morgan fingerprint density at radius 1 is 1.06 bits per heavy atom. The van der Waals surface area contributed by atoms with Gasteiger partial charge in [0.1, 0.15) is 18.2 Å². The lowest BCUT2D eigenvalue weighted by Crippen LogP contribution is -2.31. The van der Waals surface area contributed by atoms with E-state index in [1.54, 1.807) is 12.3 Å². The summed E-state index contributed by atoms with van der Waals surface area (Å²) in [7, 11) is -2.44. The standard InChI is InChI=1S/C26H29N3O4S/c27-25-23(14-21(16-28-25)19-8-12-34(31,32)13-9-19)20-6-7-22-24(15-20)33-11-10-29(26(22)30)17-18-4-2-1-3-5-18/h1-7,14-16,19,31-32H,8-13,17H2,(H2,27,28). The number of amides is 1. The van der Waals surface area contributed by atoms with Gasteiger partial charge in [0.2, 0.25) is 0 Å². The van der Waals surface area contributed by atoms with Gasteiger partial charge in [-0.25, -0.2) is 4.98 Å². The number of ether oxygens (including phenoxy) is 1. The minimum atomic E-state index is -2.44. The average Bonchev–Trinajstić information content (AvgIpc) is 2.98. The summed E-state index contributed by atoms with van der Waals surface area (Å²) in [4.78, 5) is 19.5. The number of fused-ring (bicyclic) bond motifs is 1. The Morgan fingerprint density at radius 2 is 1.82 bits per heavy atom. The molecule has 5 rings (SSSR count). The highest BCUT2D eigenvalue weighted by Gasteiger charge is 2.27. The Kier molecular flexibility index (Phi) is 6.20. The van der Waals surface area contributed by atoms with E-state index in [0.29, 0.717) is 61.2 Å². The summed E-state index contributed by atoms with van der Waals surface area (Å²) >= 11 is 0. The van der Waals surface area contributed by atoms with Crippen LogP contribution in [0.5, 0.6) is 5.75 Å². The van der Waals surface area contributed by atoms with E-state index in [9.17, 15) is 13.9 Å². The molecule has 1 aromatic heterocycles. The van der Waals surface area contributed by atoms with Crippen molar-refractivity contribution < 1.29 is 18.6 Å². The minimum Gasteiger partial charge on any atom is -0.491 e. The lowest BCUT2D eigenvalue weighted by molar-refractivity contribution is 0.0743. The fourth-order valence-corrected chi connectivity index (χ4v) is 6.19. The van der Waals surface area contributed by atoms with Crippen molar-refractivity contribution in [2.75, 3.05) is 30.4 Å². The minimum absolute atomic E-state index is 0.0519. The number of carbonyl (C=O) groups excluding carboxylic acids is 1. The number of nitrogens with two attached hydrogens (primary N) is 1. The van der Waals surface area contributed by atoms with E-state index in [4.69, 9.17) is 10.5 Å². The molecule has 2 aliphatic heterocycles. The molecule has 3 heterocycles. The quantitative estimate of drug-likeness (QED) is 0.486. The number of hydrogen-bond donors (Lipinski definition) is 3. The molecule has 7 nitrogen and oxygen atoms in total. The van der Waals surface area contributed by atoms with Crippen molar-refractivity contribution in [3.05, 3.63) is 77.5 Å². The van der Waals surface area contributed by atoms with Crippen LogP contribution in [0.1, 0.15) is 40.2 Å². The monoisotopic (exact) mass is 479 g/mol. The van der Waals surface area contributed by atoms with E-state index in [1.165, 1.54) is 0 Å². The number of aromatic nitrogens is 1. The maximum absolute atomic E-state index is 13.2. The van der Waals surface area contributed by atoms with Crippen LogP contribution in [0, 0.1) is 0 Å². The molecule has 0 aliphatic carbocycles. The van der Waals surface area contributed by atoms with Gasteiger partial charge in [-0.1, -0.05) is 36.4 Å². The van der Waals surface area contributed by atoms with Gasteiger partial charge in [0, 0.05) is 29.8 Å². The fourth-order valence-electron chi connectivity index (χ4n) is 4.67. The van der Waals surface area contributed by atoms with Crippen LogP contribution in [0.25, 0.3) is 11.1 Å². The van der Waals surface area contributed by atoms with Crippen molar-refractivity contribution in [1.29, 1.82) is 0 Å². The SMILES string of the molecule is Nc1ncc(C2CCS(O)(O)CC2)cc1-c1ccc2c(c1)OCCN(Cc1ccccc1)C2=O. The number of carbonyl (C=O) groups is 1. The highest BCUT2D eigenvalue weighted by molar-refractivity contribution is 8.24. The van der Waals surface area contributed by atoms with Gasteiger partial charge in [0.05, 0.1) is 12.1 Å². The van der Waals surface area contributed by atoms with E-state index < -0.39 is 10.6 Å². The molecule has 2 aromatic carbocycles. The smallest absolute Gasteiger partial charge is 0.258 e. The third-order valence-corrected chi connectivity index (χ3v) is 8.42. The second-order valence-electron chi connectivity index (χ2n) is 8.96. The van der Waals surface area contributed by atoms with Crippen molar-refractivity contribution in [2.24, 2.45) is 0 Å². The average molecular weight is 480 g/mol. The Morgan fingerprint density at radius 3 is 2.59 bits per heavy atom. The third-order valence-electron chi connectivity index (χ3n) is 6.64. The Labute approximate surface area is 200 Å². The first-order valence-electron chi connectivity index (χ1n) is 11.5. The molecule has 0 bridgehead atoms. The maximum Gasteiger partial charge on any atom is 0.258 e. The number of rotatable bonds is 4. The first-order valence-corrected chi connectivity index (χ1v) is 13.4. The summed E-state index contributed by atoms with van der Waals surface area (Å²) in [5.74, 6) is 1.97. The van der Waals surface area contributed by atoms with E-state index in [1.807, 2.05) is 53.4 Å². The van der Waals surface area contributed by atoms with Crippen LogP contribution in [0.4, 0.5) is 5.82 Å². The molecule has 0 spiro atoms. The molecule has 1 amide bonds. The second kappa shape index (κ2) is 9.29. The number of nitrogen functional groups attached to an aromatic ring is 1. The summed E-state index contributed by atoms with van der Waals surface area (Å²) in [6.45, 7) is 1.46. The molecular weight excluding hydrogens is 450 g/mol. The second-order valence-corrected chi connectivity index (χ2v) is 11.4. The summed E-state index contributed by atoms with van der Waals surface area (Å²) in [6, 6.07) is 17.5. The van der Waals surface area contributed by atoms with E-state index in [0.717, 1.165) is 22.3 Å². The first kappa shape index (κ1) is 22.7. The first-order chi connectivity index (χ1) is 16.4. The van der Waals surface area contributed by atoms with Gasteiger partial charge in [0.25, 0.3) is 5.91 Å². The van der Waals surface area contributed by atoms with Crippen LogP contribution in [0.3, 0.4) is 0 Å². The molecule has 4 N–H and O–H groups in total. The molecule has 0 saturated carbocycles. The van der Waals surface area contributed by atoms with Crippen molar-refractivity contribution in [3.8, 4) is 16.9 Å². The highest BCUT2D eigenvalue weighted by Crippen LogP contribution is 2.48. The molecule has 1 fully saturated rings. The van der Waals surface area contributed by atoms with Crippen LogP contribution >= 0.6 is 10.6 Å². The van der Waals surface area contributed by atoms with Gasteiger partial charge in [-0.2, -0.15) is 10.6 Å². The van der Waals surface area contributed by atoms with Gasteiger partial charge in [0.15, 0.2) is 0 Å². The van der Waals surface area contributed by atoms with Crippen LogP contribution in [-0.2, 0) is 6.54 Å². The topological polar surface area (TPSA) is 109 Å². The van der Waals surface area contributed by atoms with Gasteiger partial charge >= 0.3 is 0 Å². The van der Waals surface area contributed by atoms with Crippen LogP contribution in [0.15, 0.2) is 60.8 Å². The van der Waals surface area contributed by atoms with E-state index in [2.05, 4.69) is 4.98 Å². The van der Waals surface area contributed by atoms with Crippen molar-refractivity contribution >= 4 is 22.3 Å². The number of nitrogens with zero attached hydrogens (tertiary/aromatic N) is 2. The molecule has 0 atom stereocenters. The molecule has 178 valence electrons. The molecule has 8 heteroatoms. The molecule has 0 radical (unpaired) electrons. The zero-order valence-electron chi connectivity index (χ0n) is 18.9. The van der Waals surface area contributed by atoms with Crippen LogP contribution in [-0.4, -0.2) is 49.6 Å². The lowest BCUT2D eigenvalue weighted by Gasteiger charge is -2.39. The Hall–Kier alpha value is -3.07. The number of pyridine rings is 1. The largest absolute Gasteiger partial charge is 0.491 e. The number of hydrogen-bond acceptors (Lipinski definition) is 6. The number of benzene rings is 2. The Bertz CT molecular complexity index is 1190. The van der Waals surface area contributed by atoms with Gasteiger partial charge in [-0.3, -0.25) is 13.9 Å². The van der Waals surface area contributed by atoms with E-state index in [-0.39, 0.29) is 11.8 Å². The number of anilines is 1. The van der Waals surface area contributed by atoms with Gasteiger partial charge < -0.3 is 15.4 Å². The third kappa shape index (κ3) is 4.75. The molecule has 0 unspecified atom stereocenters. The molecular formula is C26H29N3O4S. The summed E-state index contributed by atoms with van der Waals surface area (Å²) in [5.41, 5.74) is 10.5. The molecule has 34 heavy (non-hydrogen) atoms. The van der Waals surface area contributed by atoms with Crippen molar-refractivity contribution in [1.82, 2.24) is 9.88 Å². The predicted octanol–water partition coefficient (Wildman–Crippen LogP) is 4.99. The van der Waals surface area contributed by atoms with Gasteiger partial charge in [-0.15, -0.1) is 0 Å². The maximum atomic E-state index is 13.2. The van der Waals surface area contributed by atoms with Gasteiger partial charge in [-0.05, 0) is 53.6 Å². The summed E-state index contributed by atoms with van der Waals surface area (Å²) < 4.78 is 25.8. The van der Waals surface area contributed by atoms with Crippen LogP contribution in [0.2, 0.25) is 0 Å². The van der Waals surface area contributed by atoms with Crippen molar-refractivity contribution in [3.63, 3.8) is 0 Å². The predicted molar refractivity (Wildman–Crippen MR) is 135 cm³/mol. The Balaban J connectivity index is 1.40. The summed E-state index contributed by atoms with van der Waals surface area (Å²) in [5, 5.41) is 0. The van der Waals surface area contributed by atoms with E-state index >= 15 is 0 Å². The van der Waals surface area contributed by atoms with Crippen LogP contribution < -0.4 is 10.5 Å². The molecule has 1 saturated heterocycles.